The molecular formula is C17H19N3O4S. The van der Waals surface area contributed by atoms with Gasteiger partial charge in [-0.25, -0.2) is 9.78 Å². The fourth-order valence-corrected chi connectivity index (χ4v) is 2.60. The van der Waals surface area contributed by atoms with Crippen LogP contribution in [0.15, 0.2) is 41.8 Å². The number of hydrogen-bond donors (Lipinski definition) is 2. The minimum absolute atomic E-state index is 0.387. The standard InChI is InChI=1S/C17H19N3O4S/c1-20(2)9-10-24-14-6-4-3-5-12(14)13-11-25-17(18-13)19-15(21)7-8-16(22)23/h3-8,11H,9-10H2,1-2H3,(H,22,23)(H,18,19,21)/b8-7+. The summed E-state index contributed by atoms with van der Waals surface area (Å²) in [4.78, 5) is 28.4. The van der Waals surface area contributed by atoms with Crippen molar-refractivity contribution in [2.45, 2.75) is 0 Å². The monoisotopic (exact) mass is 361 g/mol. The molecule has 1 amide bonds. The van der Waals surface area contributed by atoms with Gasteiger partial charge in [-0.3, -0.25) is 10.1 Å². The van der Waals surface area contributed by atoms with Crippen molar-refractivity contribution in [1.82, 2.24) is 9.88 Å². The predicted molar refractivity (Wildman–Crippen MR) is 97.0 cm³/mol. The second kappa shape index (κ2) is 8.95. The normalized spacial score (nSPS) is 11.0. The zero-order chi connectivity index (χ0) is 18.2. The van der Waals surface area contributed by atoms with Gasteiger partial charge in [0.2, 0.25) is 5.91 Å². The molecular weight excluding hydrogens is 342 g/mol. The highest BCUT2D eigenvalue weighted by Gasteiger charge is 2.11. The molecule has 0 aliphatic carbocycles. The molecule has 0 unspecified atom stereocenters. The fourth-order valence-electron chi connectivity index (χ4n) is 1.89. The number of thiazole rings is 1. The van der Waals surface area contributed by atoms with Crippen molar-refractivity contribution in [1.29, 1.82) is 0 Å². The maximum absolute atomic E-state index is 11.6. The van der Waals surface area contributed by atoms with Gasteiger partial charge in [0.1, 0.15) is 12.4 Å². The molecule has 2 aromatic rings. The quantitative estimate of drug-likeness (QED) is 0.701. The third-order valence-electron chi connectivity index (χ3n) is 3.07. The minimum Gasteiger partial charge on any atom is -0.492 e. The van der Waals surface area contributed by atoms with Gasteiger partial charge in [-0.15, -0.1) is 11.3 Å². The smallest absolute Gasteiger partial charge is 0.328 e. The highest BCUT2D eigenvalue weighted by Crippen LogP contribution is 2.32. The third kappa shape index (κ3) is 6.02. The predicted octanol–water partition coefficient (Wildman–Crippen LogP) is 2.33. The van der Waals surface area contributed by atoms with Crippen LogP contribution < -0.4 is 10.1 Å². The Balaban J connectivity index is 2.09. The first kappa shape index (κ1) is 18.6. The van der Waals surface area contributed by atoms with Crippen molar-refractivity contribution in [3.63, 3.8) is 0 Å². The van der Waals surface area contributed by atoms with Gasteiger partial charge in [0, 0.05) is 29.6 Å². The lowest BCUT2D eigenvalue weighted by molar-refractivity contribution is -0.131. The number of likely N-dealkylation sites (N-methyl/N-ethyl adjacent to an activating group) is 1. The van der Waals surface area contributed by atoms with Gasteiger partial charge in [-0.05, 0) is 26.2 Å². The van der Waals surface area contributed by atoms with Crippen LogP contribution in [0.3, 0.4) is 0 Å². The number of nitrogens with one attached hydrogen (secondary N) is 1. The van der Waals surface area contributed by atoms with Crippen LogP contribution in [-0.2, 0) is 9.59 Å². The van der Waals surface area contributed by atoms with Crippen molar-refractivity contribution in [3.05, 3.63) is 41.8 Å². The van der Waals surface area contributed by atoms with Crippen LogP contribution in [0.4, 0.5) is 5.13 Å². The van der Waals surface area contributed by atoms with E-state index in [1.165, 1.54) is 11.3 Å². The number of para-hydroxylation sites is 1. The highest BCUT2D eigenvalue weighted by molar-refractivity contribution is 7.14. The summed E-state index contributed by atoms with van der Waals surface area (Å²) in [6.45, 7) is 1.35. The topological polar surface area (TPSA) is 91.8 Å². The molecule has 25 heavy (non-hydrogen) atoms. The molecule has 0 atom stereocenters. The van der Waals surface area contributed by atoms with Crippen molar-refractivity contribution in [2.24, 2.45) is 0 Å². The number of carbonyl (C=O) groups is 2. The van der Waals surface area contributed by atoms with E-state index in [4.69, 9.17) is 9.84 Å². The molecule has 1 aromatic heterocycles. The van der Waals surface area contributed by atoms with Gasteiger partial charge in [0.15, 0.2) is 5.13 Å². The van der Waals surface area contributed by atoms with E-state index in [1.807, 2.05) is 48.6 Å². The number of carboxylic acids is 1. The number of carboxylic acid groups (broad SMARTS) is 1. The SMILES string of the molecule is CN(C)CCOc1ccccc1-c1csc(NC(=O)/C=C/C(=O)O)n1. The van der Waals surface area contributed by atoms with Gasteiger partial charge >= 0.3 is 5.97 Å². The van der Waals surface area contributed by atoms with Gasteiger partial charge in [0.25, 0.3) is 0 Å². The Bertz CT molecular complexity index is 771. The van der Waals surface area contributed by atoms with E-state index in [0.717, 1.165) is 30.0 Å². The van der Waals surface area contributed by atoms with Crippen LogP contribution in [-0.4, -0.2) is 54.1 Å². The average molecular weight is 361 g/mol. The summed E-state index contributed by atoms with van der Waals surface area (Å²) < 4.78 is 5.82. The lowest BCUT2D eigenvalue weighted by Gasteiger charge is -2.13. The number of hydrogen-bond acceptors (Lipinski definition) is 6. The summed E-state index contributed by atoms with van der Waals surface area (Å²) in [7, 11) is 3.95. The van der Waals surface area contributed by atoms with Crippen molar-refractivity contribution < 1.29 is 19.4 Å². The summed E-state index contributed by atoms with van der Waals surface area (Å²) >= 11 is 1.26. The first-order valence-corrected chi connectivity index (χ1v) is 8.38. The molecule has 0 fully saturated rings. The van der Waals surface area contributed by atoms with Crippen LogP contribution in [0.25, 0.3) is 11.3 Å². The number of amides is 1. The lowest BCUT2D eigenvalue weighted by atomic mass is 10.1. The molecule has 0 saturated carbocycles. The Morgan fingerprint density at radius 2 is 2.08 bits per heavy atom. The van der Waals surface area contributed by atoms with Crippen molar-refractivity contribution in [3.8, 4) is 17.0 Å². The Kier molecular flexibility index (Phi) is 6.67. The highest BCUT2D eigenvalue weighted by atomic mass is 32.1. The molecule has 2 rings (SSSR count). The summed E-state index contributed by atoms with van der Waals surface area (Å²) in [5.41, 5.74) is 1.52. The number of ether oxygens (including phenoxy) is 1. The maximum Gasteiger partial charge on any atom is 0.328 e. The lowest BCUT2D eigenvalue weighted by Crippen LogP contribution is -2.19. The minimum atomic E-state index is -1.18. The van der Waals surface area contributed by atoms with E-state index in [-0.39, 0.29) is 0 Å². The number of carbonyl (C=O) groups excluding carboxylic acids is 1. The van der Waals surface area contributed by atoms with Crippen molar-refractivity contribution in [2.75, 3.05) is 32.6 Å². The summed E-state index contributed by atoms with van der Waals surface area (Å²) in [5.74, 6) is -1.00. The maximum atomic E-state index is 11.6. The number of nitrogens with zero attached hydrogens (tertiary/aromatic N) is 2. The largest absolute Gasteiger partial charge is 0.492 e. The molecule has 1 aromatic carbocycles. The second-order valence-electron chi connectivity index (χ2n) is 5.35. The molecule has 2 N–H and O–H groups in total. The van der Waals surface area contributed by atoms with E-state index in [1.54, 1.807) is 0 Å². The molecule has 0 aliphatic rings. The van der Waals surface area contributed by atoms with Crippen LogP contribution in [0.5, 0.6) is 5.75 Å². The molecule has 7 nitrogen and oxygen atoms in total. The number of rotatable bonds is 8. The number of aliphatic carboxylic acids is 1. The van der Waals surface area contributed by atoms with Crippen LogP contribution >= 0.6 is 11.3 Å². The molecule has 0 bridgehead atoms. The summed E-state index contributed by atoms with van der Waals surface area (Å²) in [5, 5.41) is 13.3. The van der Waals surface area contributed by atoms with E-state index in [0.29, 0.717) is 17.4 Å². The first-order chi connectivity index (χ1) is 12.0. The molecule has 0 aliphatic heterocycles. The Morgan fingerprint density at radius 1 is 1.32 bits per heavy atom. The van der Waals surface area contributed by atoms with Crippen LogP contribution in [0, 0.1) is 0 Å². The Hall–Kier alpha value is -2.71. The Morgan fingerprint density at radius 3 is 2.80 bits per heavy atom. The van der Waals surface area contributed by atoms with Crippen molar-refractivity contribution >= 4 is 28.3 Å². The average Bonchev–Trinajstić information content (AvgIpc) is 3.01. The van der Waals surface area contributed by atoms with Gasteiger partial charge < -0.3 is 14.7 Å². The molecule has 1 heterocycles. The molecule has 0 radical (unpaired) electrons. The zero-order valence-corrected chi connectivity index (χ0v) is 14.7. The van der Waals surface area contributed by atoms with Crippen LogP contribution in [0.2, 0.25) is 0 Å². The molecule has 0 saturated heterocycles. The van der Waals surface area contributed by atoms with Gasteiger partial charge in [0.05, 0.1) is 5.69 Å². The van der Waals surface area contributed by atoms with Gasteiger partial charge in [-0.2, -0.15) is 0 Å². The van der Waals surface area contributed by atoms with Gasteiger partial charge in [-0.1, -0.05) is 12.1 Å². The molecule has 0 spiro atoms. The second-order valence-corrected chi connectivity index (χ2v) is 6.20. The van der Waals surface area contributed by atoms with E-state index in [9.17, 15) is 9.59 Å². The molecule has 8 heteroatoms. The molecule has 132 valence electrons. The number of aromatic nitrogens is 1. The Labute approximate surface area is 149 Å². The van der Waals surface area contributed by atoms with Crippen LogP contribution in [0.1, 0.15) is 0 Å². The zero-order valence-electron chi connectivity index (χ0n) is 13.9. The summed E-state index contributed by atoms with van der Waals surface area (Å²) in [6, 6.07) is 7.55. The third-order valence-corrected chi connectivity index (χ3v) is 3.83. The fraction of sp³-hybridized carbons (Fsp3) is 0.235. The number of benzene rings is 1. The van der Waals surface area contributed by atoms with E-state index < -0.39 is 11.9 Å². The first-order valence-electron chi connectivity index (χ1n) is 7.50. The van der Waals surface area contributed by atoms with E-state index in [2.05, 4.69) is 10.3 Å². The number of anilines is 1. The van der Waals surface area contributed by atoms with E-state index >= 15 is 0 Å². The summed E-state index contributed by atoms with van der Waals surface area (Å²) in [6.07, 6.45) is 1.72.